The van der Waals surface area contributed by atoms with E-state index < -0.39 is 0 Å². The molecular formula is C19H19N3O4S2. The number of nitrogens with one attached hydrogen (secondary N) is 2. The van der Waals surface area contributed by atoms with Crippen LogP contribution >= 0.6 is 22.7 Å². The number of nitrogens with zero attached hydrogens (tertiary/aromatic N) is 1. The first-order chi connectivity index (χ1) is 13.6. The van der Waals surface area contributed by atoms with Crippen LogP contribution in [-0.4, -0.2) is 31.0 Å². The fraction of sp³-hybridized carbons (Fsp3) is 0.211. The summed E-state index contributed by atoms with van der Waals surface area (Å²) in [5, 5.41) is 9.80. The molecule has 3 rings (SSSR count). The van der Waals surface area contributed by atoms with Crippen LogP contribution in [0, 0.1) is 0 Å². The van der Waals surface area contributed by atoms with Crippen molar-refractivity contribution in [3.8, 4) is 11.5 Å². The lowest BCUT2D eigenvalue weighted by Crippen LogP contribution is -2.13. The van der Waals surface area contributed by atoms with Crippen LogP contribution in [0.25, 0.3) is 0 Å². The van der Waals surface area contributed by atoms with Crippen molar-refractivity contribution in [2.24, 2.45) is 0 Å². The molecule has 1 aromatic carbocycles. The highest BCUT2D eigenvalue weighted by molar-refractivity contribution is 7.14. The predicted molar refractivity (Wildman–Crippen MR) is 111 cm³/mol. The van der Waals surface area contributed by atoms with E-state index in [1.54, 1.807) is 31.4 Å². The van der Waals surface area contributed by atoms with Gasteiger partial charge in [-0.05, 0) is 30.0 Å². The third kappa shape index (κ3) is 5.08. The molecule has 3 aromatic rings. The number of aromatic nitrogens is 1. The topological polar surface area (TPSA) is 89.6 Å². The summed E-state index contributed by atoms with van der Waals surface area (Å²) in [6.07, 6.45) is 0.729. The first kappa shape index (κ1) is 19.8. The van der Waals surface area contributed by atoms with E-state index >= 15 is 0 Å². The maximum Gasteiger partial charge on any atom is 0.267 e. The lowest BCUT2D eigenvalue weighted by atomic mass is 10.2. The second-order valence-corrected chi connectivity index (χ2v) is 7.50. The molecule has 0 atom stereocenters. The molecule has 9 heteroatoms. The molecule has 0 saturated heterocycles. The molecule has 2 heterocycles. The first-order valence-corrected chi connectivity index (χ1v) is 10.2. The Balaban J connectivity index is 1.52. The summed E-state index contributed by atoms with van der Waals surface area (Å²) >= 11 is 2.71. The molecule has 2 amide bonds. The fourth-order valence-corrected chi connectivity index (χ4v) is 3.76. The van der Waals surface area contributed by atoms with E-state index in [0.29, 0.717) is 33.6 Å². The summed E-state index contributed by atoms with van der Waals surface area (Å²) in [6, 6.07) is 8.77. The highest BCUT2D eigenvalue weighted by Gasteiger charge is 2.12. The Morgan fingerprint density at radius 3 is 2.68 bits per heavy atom. The number of benzene rings is 1. The van der Waals surface area contributed by atoms with E-state index in [9.17, 15) is 9.59 Å². The summed E-state index contributed by atoms with van der Waals surface area (Å²) in [7, 11) is 3.10. The van der Waals surface area contributed by atoms with Gasteiger partial charge in [0, 0.05) is 17.9 Å². The minimum absolute atomic E-state index is 0.152. The number of amides is 2. The first-order valence-electron chi connectivity index (χ1n) is 8.40. The second kappa shape index (κ2) is 9.34. The quantitative estimate of drug-likeness (QED) is 0.577. The Kier molecular flexibility index (Phi) is 6.62. The van der Waals surface area contributed by atoms with E-state index in [0.717, 1.165) is 5.69 Å². The van der Waals surface area contributed by atoms with E-state index in [1.165, 1.54) is 29.8 Å². The number of thiophene rings is 1. The molecule has 0 spiro atoms. The van der Waals surface area contributed by atoms with Crippen LogP contribution in [0.5, 0.6) is 11.5 Å². The number of thiazole rings is 1. The summed E-state index contributed by atoms with van der Waals surface area (Å²) in [5.41, 5.74) is 1.33. The molecule has 0 fully saturated rings. The van der Waals surface area contributed by atoms with Crippen LogP contribution in [0.4, 0.5) is 10.8 Å². The number of anilines is 2. The van der Waals surface area contributed by atoms with Crippen molar-refractivity contribution in [2.75, 3.05) is 24.9 Å². The van der Waals surface area contributed by atoms with Crippen LogP contribution in [-0.2, 0) is 11.2 Å². The Morgan fingerprint density at radius 2 is 1.96 bits per heavy atom. The van der Waals surface area contributed by atoms with Gasteiger partial charge in [-0.3, -0.25) is 14.9 Å². The van der Waals surface area contributed by atoms with E-state index in [4.69, 9.17) is 9.47 Å². The predicted octanol–water partition coefficient (Wildman–Crippen LogP) is 4.05. The van der Waals surface area contributed by atoms with Gasteiger partial charge in [0.15, 0.2) is 5.13 Å². The SMILES string of the molecule is COc1ccc(NC(=O)CCc2csc(NC(=O)c3cccs3)n2)c(OC)c1. The molecular weight excluding hydrogens is 398 g/mol. The normalized spacial score (nSPS) is 10.4. The number of ether oxygens (including phenoxy) is 2. The summed E-state index contributed by atoms with van der Waals surface area (Å²) in [4.78, 5) is 29.3. The Labute approximate surface area is 170 Å². The lowest BCUT2D eigenvalue weighted by molar-refractivity contribution is -0.116. The molecule has 146 valence electrons. The zero-order chi connectivity index (χ0) is 19.9. The number of rotatable bonds is 8. The van der Waals surface area contributed by atoms with Crippen LogP contribution in [0.15, 0.2) is 41.1 Å². The molecule has 0 aliphatic heterocycles. The van der Waals surface area contributed by atoms with Crippen molar-refractivity contribution in [3.05, 3.63) is 51.7 Å². The lowest BCUT2D eigenvalue weighted by Gasteiger charge is -2.11. The summed E-state index contributed by atoms with van der Waals surface area (Å²) in [5.74, 6) is 0.843. The van der Waals surface area contributed by atoms with E-state index in [2.05, 4.69) is 15.6 Å². The van der Waals surface area contributed by atoms with Crippen molar-refractivity contribution in [1.29, 1.82) is 0 Å². The highest BCUT2D eigenvalue weighted by Crippen LogP contribution is 2.29. The van der Waals surface area contributed by atoms with Gasteiger partial charge in [0.05, 0.1) is 30.5 Å². The average molecular weight is 418 g/mol. The summed E-state index contributed by atoms with van der Waals surface area (Å²) < 4.78 is 10.4. The monoisotopic (exact) mass is 417 g/mol. The molecule has 0 bridgehead atoms. The van der Waals surface area contributed by atoms with E-state index in [-0.39, 0.29) is 18.2 Å². The molecule has 0 aliphatic carbocycles. The van der Waals surface area contributed by atoms with Crippen molar-refractivity contribution in [1.82, 2.24) is 4.98 Å². The largest absolute Gasteiger partial charge is 0.497 e. The smallest absolute Gasteiger partial charge is 0.267 e. The van der Waals surface area contributed by atoms with Crippen molar-refractivity contribution in [2.45, 2.75) is 12.8 Å². The zero-order valence-corrected chi connectivity index (χ0v) is 17.0. The van der Waals surface area contributed by atoms with Crippen LogP contribution < -0.4 is 20.1 Å². The Bertz CT molecular complexity index is 954. The van der Waals surface area contributed by atoms with Gasteiger partial charge in [-0.1, -0.05) is 6.07 Å². The van der Waals surface area contributed by atoms with Gasteiger partial charge in [0.2, 0.25) is 5.91 Å². The maximum absolute atomic E-state index is 12.3. The minimum atomic E-state index is -0.180. The molecule has 28 heavy (non-hydrogen) atoms. The van der Waals surface area contributed by atoms with Gasteiger partial charge in [0.1, 0.15) is 11.5 Å². The zero-order valence-electron chi connectivity index (χ0n) is 15.4. The van der Waals surface area contributed by atoms with Crippen LogP contribution in [0.3, 0.4) is 0 Å². The average Bonchev–Trinajstić information content (AvgIpc) is 3.39. The molecule has 2 aromatic heterocycles. The van der Waals surface area contributed by atoms with Gasteiger partial charge < -0.3 is 14.8 Å². The number of hydrogen-bond acceptors (Lipinski definition) is 7. The van der Waals surface area contributed by atoms with Crippen molar-refractivity contribution < 1.29 is 19.1 Å². The van der Waals surface area contributed by atoms with Gasteiger partial charge in [0.25, 0.3) is 5.91 Å². The van der Waals surface area contributed by atoms with Crippen molar-refractivity contribution >= 4 is 45.3 Å². The fourth-order valence-electron chi connectivity index (χ4n) is 2.40. The second-order valence-electron chi connectivity index (χ2n) is 5.69. The number of methoxy groups -OCH3 is 2. The number of carbonyl (C=O) groups is 2. The van der Waals surface area contributed by atoms with Gasteiger partial charge in [-0.15, -0.1) is 22.7 Å². The molecule has 0 aliphatic rings. The molecule has 0 radical (unpaired) electrons. The maximum atomic E-state index is 12.3. The van der Waals surface area contributed by atoms with E-state index in [1.807, 2.05) is 16.8 Å². The number of carbonyl (C=O) groups excluding carboxylic acids is 2. The Morgan fingerprint density at radius 1 is 1.11 bits per heavy atom. The van der Waals surface area contributed by atoms with Crippen molar-refractivity contribution in [3.63, 3.8) is 0 Å². The standard InChI is InChI=1S/C19H19N3O4S2/c1-25-13-6-7-14(15(10-13)26-2)21-17(23)8-5-12-11-28-19(20-12)22-18(24)16-4-3-9-27-16/h3-4,6-7,9-11H,5,8H2,1-2H3,(H,21,23)(H,20,22,24). The van der Waals surface area contributed by atoms with Gasteiger partial charge >= 0.3 is 0 Å². The molecule has 0 unspecified atom stereocenters. The molecule has 7 nitrogen and oxygen atoms in total. The van der Waals surface area contributed by atoms with Crippen LogP contribution in [0.1, 0.15) is 21.8 Å². The third-order valence-electron chi connectivity index (χ3n) is 3.81. The van der Waals surface area contributed by atoms with Gasteiger partial charge in [-0.2, -0.15) is 0 Å². The third-order valence-corrected chi connectivity index (χ3v) is 5.48. The number of hydrogen-bond donors (Lipinski definition) is 2. The highest BCUT2D eigenvalue weighted by atomic mass is 32.1. The van der Waals surface area contributed by atoms with Gasteiger partial charge in [-0.25, -0.2) is 4.98 Å². The Hall–Kier alpha value is -2.91. The number of aryl methyl sites for hydroxylation is 1. The molecule has 0 saturated carbocycles. The summed E-state index contributed by atoms with van der Waals surface area (Å²) in [6.45, 7) is 0. The molecule has 2 N–H and O–H groups in total. The minimum Gasteiger partial charge on any atom is -0.497 e. The van der Waals surface area contributed by atoms with Crippen LogP contribution in [0.2, 0.25) is 0 Å².